The Hall–Kier alpha value is -3.62. The molecule has 3 heterocycles. The number of carbonyl (C=O) groups is 2. The number of nitrogens with zero attached hydrogens (tertiary/aromatic N) is 5. The molecular formula is C19H17N5O4. The lowest BCUT2D eigenvalue weighted by atomic mass is 10.0. The van der Waals surface area contributed by atoms with Gasteiger partial charge in [-0.25, -0.2) is 14.8 Å². The second-order valence-corrected chi connectivity index (χ2v) is 6.42. The molecular weight excluding hydrogens is 362 g/mol. The van der Waals surface area contributed by atoms with Crippen molar-refractivity contribution < 1.29 is 19.2 Å². The highest BCUT2D eigenvalue weighted by molar-refractivity contribution is 5.93. The van der Waals surface area contributed by atoms with Crippen molar-refractivity contribution in [2.24, 2.45) is 0 Å². The highest BCUT2D eigenvalue weighted by atomic mass is 16.5. The number of carbonyl (C=O) groups excluding carboxylic acids is 1. The van der Waals surface area contributed by atoms with Crippen molar-refractivity contribution in [1.29, 1.82) is 0 Å². The van der Waals surface area contributed by atoms with Crippen molar-refractivity contribution in [3.63, 3.8) is 0 Å². The van der Waals surface area contributed by atoms with Gasteiger partial charge in [-0.2, -0.15) is 4.98 Å². The number of piperidine rings is 1. The minimum absolute atomic E-state index is 0.0831. The molecule has 0 saturated carbocycles. The number of aromatic nitrogens is 4. The van der Waals surface area contributed by atoms with Crippen molar-refractivity contribution in [1.82, 2.24) is 25.0 Å². The molecule has 1 aliphatic heterocycles. The molecule has 4 rings (SSSR count). The number of carboxylic acid groups (broad SMARTS) is 1. The summed E-state index contributed by atoms with van der Waals surface area (Å²) in [6.07, 6.45) is 4.74. The maximum atomic E-state index is 12.9. The van der Waals surface area contributed by atoms with Crippen molar-refractivity contribution in [3.05, 3.63) is 60.0 Å². The average molecular weight is 379 g/mol. The molecule has 9 heteroatoms. The molecule has 1 N–H and O–H groups in total. The minimum Gasteiger partial charge on any atom is -0.476 e. The first-order chi connectivity index (χ1) is 13.6. The van der Waals surface area contributed by atoms with Gasteiger partial charge in [0, 0.05) is 12.1 Å². The fourth-order valence-electron chi connectivity index (χ4n) is 3.20. The Morgan fingerprint density at radius 3 is 2.54 bits per heavy atom. The van der Waals surface area contributed by atoms with Crippen molar-refractivity contribution in [2.45, 2.75) is 25.3 Å². The van der Waals surface area contributed by atoms with Gasteiger partial charge in [-0.15, -0.1) is 0 Å². The van der Waals surface area contributed by atoms with E-state index in [0.717, 1.165) is 24.6 Å². The molecule has 1 fully saturated rings. The van der Waals surface area contributed by atoms with Crippen molar-refractivity contribution >= 4 is 11.9 Å². The van der Waals surface area contributed by atoms with Gasteiger partial charge in [-0.3, -0.25) is 4.79 Å². The summed E-state index contributed by atoms with van der Waals surface area (Å²) in [5, 5.41) is 13.0. The van der Waals surface area contributed by atoms with Gasteiger partial charge in [-0.05, 0) is 19.3 Å². The number of likely N-dealkylation sites (tertiary alicyclic amines) is 1. The predicted molar refractivity (Wildman–Crippen MR) is 96.4 cm³/mol. The zero-order valence-corrected chi connectivity index (χ0v) is 14.9. The Morgan fingerprint density at radius 2 is 1.82 bits per heavy atom. The van der Waals surface area contributed by atoms with Crippen LogP contribution in [0.2, 0.25) is 0 Å². The van der Waals surface area contributed by atoms with Crippen LogP contribution < -0.4 is 0 Å². The van der Waals surface area contributed by atoms with Gasteiger partial charge < -0.3 is 14.5 Å². The summed E-state index contributed by atoms with van der Waals surface area (Å²) < 4.78 is 5.46. The molecule has 2 aromatic heterocycles. The summed E-state index contributed by atoms with van der Waals surface area (Å²) in [6.45, 7) is 0.523. The smallest absolute Gasteiger partial charge is 0.356 e. The molecule has 1 saturated heterocycles. The molecule has 0 radical (unpaired) electrons. The van der Waals surface area contributed by atoms with E-state index < -0.39 is 5.97 Å². The third-order valence-corrected chi connectivity index (χ3v) is 4.61. The summed E-state index contributed by atoms with van der Waals surface area (Å²) in [5.74, 6) is -0.684. The number of hydrogen-bond acceptors (Lipinski definition) is 7. The normalized spacial score (nSPS) is 16.7. The molecule has 0 bridgehead atoms. The summed E-state index contributed by atoms with van der Waals surface area (Å²) in [4.78, 5) is 37.7. The summed E-state index contributed by atoms with van der Waals surface area (Å²) in [5.41, 5.74) is 0.706. The van der Waals surface area contributed by atoms with E-state index in [4.69, 9.17) is 9.63 Å². The average Bonchev–Trinajstić information content (AvgIpc) is 3.24. The highest BCUT2D eigenvalue weighted by Gasteiger charge is 2.33. The van der Waals surface area contributed by atoms with Crippen LogP contribution in [0.4, 0.5) is 0 Å². The number of aromatic carboxylic acids is 1. The van der Waals surface area contributed by atoms with Crippen molar-refractivity contribution in [2.75, 3.05) is 6.54 Å². The topological polar surface area (TPSA) is 122 Å². The van der Waals surface area contributed by atoms with E-state index in [2.05, 4.69) is 20.1 Å². The number of carboxylic acids is 1. The molecule has 28 heavy (non-hydrogen) atoms. The lowest BCUT2D eigenvalue weighted by molar-refractivity contribution is 0.0553. The van der Waals surface area contributed by atoms with Crippen LogP contribution in [-0.4, -0.2) is 48.5 Å². The molecule has 1 amide bonds. The Bertz CT molecular complexity index is 987. The first-order valence-corrected chi connectivity index (χ1v) is 8.89. The fraction of sp³-hybridized carbons (Fsp3) is 0.263. The van der Waals surface area contributed by atoms with Gasteiger partial charge in [-0.1, -0.05) is 35.5 Å². The first kappa shape index (κ1) is 17.8. The number of amides is 1. The third-order valence-electron chi connectivity index (χ3n) is 4.61. The maximum Gasteiger partial charge on any atom is 0.356 e. The number of benzene rings is 1. The van der Waals surface area contributed by atoms with Crippen LogP contribution in [0.5, 0.6) is 0 Å². The number of rotatable bonds is 4. The highest BCUT2D eigenvalue weighted by Crippen LogP contribution is 2.32. The van der Waals surface area contributed by atoms with Gasteiger partial charge >= 0.3 is 5.97 Å². The predicted octanol–water partition coefficient (Wildman–Crippen LogP) is 2.59. The molecule has 3 aromatic rings. The summed E-state index contributed by atoms with van der Waals surface area (Å²) in [6, 6.07) is 9.11. The standard InChI is InChI=1S/C19H17N5O4/c25-18(13-10-21-14(11-20-13)19(26)27)24-9-5-4-8-15(24)17-22-16(23-28-17)12-6-2-1-3-7-12/h1-3,6-7,10-11,15H,4-5,8-9H2,(H,26,27). The SMILES string of the molecule is O=C(O)c1cnc(C(=O)N2CCCCC2c2nc(-c3ccccc3)no2)cn1. The lowest BCUT2D eigenvalue weighted by Gasteiger charge is -2.33. The first-order valence-electron chi connectivity index (χ1n) is 8.89. The van der Waals surface area contributed by atoms with Crippen molar-refractivity contribution in [3.8, 4) is 11.4 Å². The molecule has 1 unspecified atom stereocenters. The van der Waals surface area contributed by atoms with E-state index in [-0.39, 0.29) is 23.3 Å². The summed E-state index contributed by atoms with van der Waals surface area (Å²) in [7, 11) is 0. The molecule has 9 nitrogen and oxygen atoms in total. The van der Waals surface area contributed by atoms with Crippen LogP contribution in [0.15, 0.2) is 47.2 Å². The Labute approximate surface area is 160 Å². The summed E-state index contributed by atoms with van der Waals surface area (Å²) >= 11 is 0. The molecule has 142 valence electrons. The Morgan fingerprint density at radius 1 is 1.07 bits per heavy atom. The van der Waals surface area contributed by atoms with E-state index in [1.807, 2.05) is 30.3 Å². The maximum absolute atomic E-state index is 12.9. The fourth-order valence-corrected chi connectivity index (χ4v) is 3.20. The lowest BCUT2D eigenvalue weighted by Crippen LogP contribution is -2.39. The van der Waals surface area contributed by atoms with E-state index in [1.165, 1.54) is 6.20 Å². The van der Waals surface area contributed by atoms with Crippen LogP contribution >= 0.6 is 0 Å². The third kappa shape index (κ3) is 3.46. The van der Waals surface area contributed by atoms with Gasteiger partial charge in [0.2, 0.25) is 11.7 Å². The van der Waals surface area contributed by atoms with Crippen LogP contribution in [0.25, 0.3) is 11.4 Å². The van der Waals surface area contributed by atoms with Crippen LogP contribution in [0, 0.1) is 0 Å². The van der Waals surface area contributed by atoms with E-state index >= 15 is 0 Å². The minimum atomic E-state index is -1.19. The van der Waals surface area contributed by atoms with Gasteiger partial charge in [0.05, 0.1) is 12.4 Å². The van der Waals surface area contributed by atoms with Gasteiger partial charge in [0.25, 0.3) is 5.91 Å². The zero-order valence-electron chi connectivity index (χ0n) is 14.9. The quantitative estimate of drug-likeness (QED) is 0.734. The molecule has 0 aliphatic carbocycles. The van der Waals surface area contributed by atoms with Crippen LogP contribution in [0.1, 0.15) is 52.2 Å². The van der Waals surface area contributed by atoms with E-state index in [9.17, 15) is 9.59 Å². The van der Waals surface area contributed by atoms with E-state index in [0.29, 0.717) is 24.7 Å². The molecule has 1 atom stereocenters. The van der Waals surface area contributed by atoms with Crippen LogP contribution in [-0.2, 0) is 0 Å². The second-order valence-electron chi connectivity index (χ2n) is 6.42. The van der Waals surface area contributed by atoms with E-state index in [1.54, 1.807) is 4.90 Å². The second kappa shape index (κ2) is 7.55. The Balaban J connectivity index is 1.59. The monoisotopic (exact) mass is 379 g/mol. The van der Waals surface area contributed by atoms with Crippen LogP contribution in [0.3, 0.4) is 0 Å². The molecule has 0 spiro atoms. The largest absolute Gasteiger partial charge is 0.476 e. The molecule has 1 aromatic carbocycles. The van der Waals surface area contributed by atoms with Gasteiger partial charge in [0.15, 0.2) is 5.69 Å². The van der Waals surface area contributed by atoms with Gasteiger partial charge in [0.1, 0.15) is 11.7 Å². The zero-order chi connectivity index (χ0) is 19.5. The Kier molecular flexibility index (Phi) is 4.79. The number of hydrogen-bond donors (Lipinski definition) is 1. The molecule has 1 aliphatic rings.